The first-order chi connectivity index (χ1) is 13.2. The second kappa shape index (κ2) is 7.78. The summed E-state index contributed by atoms with van der Waals surface area (Å²) in [5.41, 5.74) is 1.88. The summed E-state index contributed by atoms with van der Waals surface area (Å²) in [7, 11) is 0. The maximum absolute atomic E-state index is 12.3. The average Bonchev–Trinajstić information content (AvgIpc) is 3.17. The minimum absolute atomic E-state index is 0.0590. The van der Waals surface area contributed by atoms with Gasteiger partial charge in [-0.2, -0.15) is 5.10 Å². The van der Waals surface area contributed by atoms with Gasteiger partial charge in [0.05, 0.1) is 24.7 Å². The van der Waals surface area contributed by atoms with E-state index < -0.39 is 0 Å². The van der Waals surface area contributed by atoms with Crippen LogP contribution < -0.4 is 10.9 Å². The molecule has 27 heavy (non-hydrogen) atoms. The average molecular weight is 364 g/mol. The van der Waals surface area contributed by atoms with Crippen LogP contribution >= 0.6 is 0 Å². The molecular weight excluding hydrogens is 340 g/mol. The van der Waals surface area contributed by atoms with E-state index in [4.69, 9.17) is 0 Å². The lowest BCUT2D eigenvalue weighted by molar-refractivity contribution is -0.120. The Kier molecular flexibility index (Phi) is 5.05. The number of carbonyl (C=O) groups excluding carboxylic acids is 1. The summed E-state index contributed by atoms with van der Waals surface area (Å²) in [4.78, 5) is 27.3. The van der Waals surface area contributed by atoms with E-state index in [9.17, 15) is 9.59 Å². The summed E-state index contributed by atoms with van der Waals surface area (Å²) in [5.74, 6) is -0.178. The fourth-order valence-electron chi connectivity index (χ4n) is 3.77. The van der Waals surface area contributed by atoms with Crippen LogP contribution in [0.5, 0.6) is 0 Å². The number of aromatic nitrogens is 3. The second-order valence-electron chi connectivity index (χ2n) is 7.24. The number of hydrogen-bond acceptors (Lipinski definition) is 3. The van der Waals surface area contributed by atoms with E-state index in [2.05, 4.69) is 15.4 Å². The van der Waals surface area contributed by atoms with E-state index in [1.54, 1.807) is 6.07 Å². The van der Waals surface area contributed by atoms with E-state index in [1.165, 1.54) is 32.1 Å². The number of aromatic amines is 1. The molecule has 1 aliphatic rings. The van der Waals surface area contributed by atoms with Crippen molar-refractivity contribution in [1.29, 1.82) is 0 Å². The number of rotatable bonds is 5. The summed E-state index contributed by atoms with van der Waals surface area (Å²) in [6.07, 6.45) is 8.26. The fourth-order valence-corrected chi connectivity index (χ4v) is 3.77. The summed E-state index contributed by atoms with van der Waals surface area (Å²) in [6.45, 7) is 0.379. The maximum Gasteiger partial charge on any atom is 0.252 e. The molecule has 2 aromatic heterocycles. The highest BCUT2D eigenvalue weighted by Crippen LogP contribution is 2.27. The van der Waals surface area contributed by atoms with Gasteiger partial charge in [-0.3, -0.25) is 14.3 Å². The number of nitrogens with one attached hydrogen (secondary N) is 2. The van der Waals surface area contributed by atoms with E-state index in [1.807, 2.05) is 41.2 Å². The molecule has 3 aromatic rings. The molecule has 2 N–H and O–H groups in total. The van der Waals surface area contributed by atoms with Gasteiger partial charge < -0.3 is 10.3 Å². The van der Waals surface area contributed by atoms with Gasteiger partial charge in [0, 0.05) is 17.3 Å². The van der Waals surface area contributed by atoms with E-state index >= 15 is 0 Å². The molecule has 1 fully saturated rings. The Balaban J connectivity index is 1.37. The number of carbonyl (C=O) groups is 1. The number of para-hydroxylation sites is 1. The Morgan fingerprint density at radius 3 is 2.85 bits per heavy atom. The van der Waals surface area contributed by atoms with Gasteiger partial charge in [0.15, 0.2) is 0 Å². The number of amides is 1. The number of nitrogens with zero attached hydrogens (tertiary/aromatic N) is 2. The van der Waals surface area contributed by atoms with Gasteiger partial charge in [0.1, 0.15) is 0 Å². The smallest absolute Gasteiger partial charge is 0.252 e. The first-order valence-electron chi connectivity index (χ1n) is 9.61. The van der Waals surface area contributed by atoms with Gasteiger partial charge in [-0.1, -0.05) is 37.5 Å². The Hall–Kier alpha value is -2.89. The first kappa shape index (κ1) is 17.5. The zero-order valence-corrected chi connectivity index (χ0v) is 15.3. The van der Waals surface area contributed by atoms with Crippen molar-refractivity contribution >= 4 is 16.8 Å². The van der Waals surface area contributed by atoms with Crippen LogP contribution in [0.2, 0.25) is 0 Å². The number of H-pyrrole nitrogens is 1. The molecule has 1 aromatic carbocycles. The topological polar surface area (TPSA) is 79.8 Å². The van der Waals surface area contributed by atoms with Crippen LogP contribution in [0.25, 0.3) is 10.9 Å². The standard InChI is InChI=1S/C21H24N4O2/c26-20(13-16-12-15-6-4-5-9-19(15)23-21(16)27)22-14-17-10-11-25(24-17)18-7-2-1-3-8-18/h4-6,9-12,18H,1-3,7-8,13-14H2,(H,22,26)(H,23,27). The van der Waals surface area contributed by atoms with Gasteiger partial charge in [-0.05, 0) is 36.4 Å². The summed E-state index contributed by atoms with van der Waals surface area (Å²) in [6, 6.07) is 11.8. The zero-order chi connectivity index (χ0) is 18.6. The van der Waals surface area contributed by atoms with Crippen molar-refractivity contribution in [1.82, 2.24) is 20.1 Å². The lowest BCUT2D eigenvalue weighted by Gasteiger charge is -2.21. The molecule has 0 bridgehead atoms. The summed E-state index contributed by atoms with van der Waals surface area (Å²) in [5, 5.41) is 8.40. The molecule has 0 radical (unpaired) electrons. The van der Waals surface area contributed by atoms with Crippen LogP contribution in [-0.2, 0) is 17.8 Å². The molecule has 6 heteroatoms. The zero-order valence-electron chi connectivity index (χ0n) is 15.3. The van der Waals surface area contributed by atoms with E-state index in [0.29, 0.717) is 18.2 Å². The monoisotopic (exact) mass is 364 g/mol. The summed E-state index contributed by atoms with van der Waals surface area (Å²) >= 11 is 0. The van der Waals surface area contributed by atoms with Crippen LogP contribution in [0, 0.1) is 0 Å². The quantitative estimate of drug-likeness (QED) is 0.730. The Bertz CT molecular complexity index is 999. The SMILES string of the molecule is O=C(Cc1cc2ccccc2[nH]c1=O)NCc1ccn(C2CCCCC2)n1. The minimum Gasteiger partial charge on any atom is -0.350 e. The Morgan fingerprint density at radius 1 is 1.19 bits per heavy atom. The largest absolute Gasteiger partial charge is 0.350 e. The molecule has 2 heterocycles. The first-order valence-corrected chi connectivity index (χ1v) is 9.61. The van der Waals surface area contributed by atoms with Crippen LogP contribution in [0.1, 0.15) is 49.4 Å². The van der Waals surface area contributed by atoms with Crippen LogP contribution in [-0.4, -0.2) is 20.7 Å². The van der Waals surface area contributed by atoms with E-state index in [0.717, 1.165) is 16.6 Å². The third-order valence-corrected chi connectivity index (χ3v) is 5.26. The molecule has 1 aliphatic carbocycles. The van der Waals surface area contributed by atoms with Crippen LogP contribution in [0.4, 0.5) is 0 Å². The van der Waals surface area contributed by atoms with Gasteiger partial charge in [-0.15, -0.1) is 0 Å². The second-order valence-corrected chi connectivity index (χ2v) is 7.24. The van der Waals surface area contributed by atoms with Gasteiger partial charge in [-0.25, -0.2) is 0 Å². The number of hydrogen-bond donors (Lipinski definition) is 2. The lowest BCUT2D eigenvalue weighted by Crippen LogP contribution is -2.27. The highest BCUT2D eigenvalue weighted by Gasteiger charge is 2.16. The molecular formula is C21H24N4O2. The molecule has 6 nitrogen and oxygen atoms in total. The summed E-state index contributed by atoms with van der Waals surface area (Å²) < 4.78 is 2.04. The molecule has 0 unspecified atom stereocenters. The Labute approximate surface area is 157 Å². The molecule has 0 spiro atoms. The number of pyridine rings is 1. The van der Waals surface area contributed by atoms with Crippen molar-refractivity contribution in [3.63, 3.8) is 0 Å². The van der Waals surface area contributed by atoms with Gasteiger partial charge >= 0.3 is 0 Å². The highest BCUT2D eigenvalue weighted by molar-refractivity contribution is 5.82. The predicted octanol–water partition coefficient (Wildman–Crippen LogP) is 3.09. The molecule has 4 rings (SSSR count). The van der Waals surface area contributed by atoms with Crippen molar-refractivity contribution in [3.8, 4) is 0 Å². The lowest BCUT2D eigenvalue weighted by atomic mass is 9.96. The number of fused-ring (bicyclic) bond motifs is 1. The van der Waals surface area contributed by atoms with Crippen molar-refractivity contribution < 1.29 is 4.79 Å². The fraction of sp³-hybridized carbons (Fsp3) is 0.381. The highest BCUT2D eigenvalue weighted by atomic mass is 16.2. The molecule has 0 atom stereocenters. The molecule has 140 valence electrons. The third kappa shape index (κ3) is 4.10. The number of benzene rings is 1. The van der Waals surface area contributed by atoms with Gasteiger partial charge in [0.25, 0.3) is 5.56 Å². The normalized spacial score (nSPS) is 15.1. The minimum atomic E-state index is -0.217. The molecule has 0 saturated heterocycles. The third-order valence-electron chi connectivity index (χ3n) is 5.26. The van der Waals surface area contributed by atoms with Crippen molar-refractivity contribution in [2.24, 2.45) is 0 Å². The predicted molar refractivity (Wildman–Crippen MR) is 104 cm³/mol. The van der Waals surface area contributed by atoms with Crippen LogP contribution in [0.15, 0.2) is 47.4 Å². The molecule has 1 amide bonds. The Morgan fingerprint density at radius 2 is 2.00 bits per heavy atom. The maximum atomic E-state index is 12.3. The van der Waals surface area contributed by atoms with Crippen molar-refractivity contribution in [3.05, 3.63) is 64.2 Å². The van der Waals surface area contributed by atoms with Crippen LogP contribution in [0.3, 0.4) is 0 Å². The van der Waals surface area contributed by atoms with Crippen molar-refractivity contribution in [2.75, 3.05) is 0 Å². The van der Waals surface area contributed by atoms with E-state index in [-0.39, 0.29) is 17.9 Å². The molecule has 0 aliphatic heterocycles. The van der Waals surface area contributed by atoms with Gasteiger partial charge in [0.2, 0.25) is 5.91 Å². The van der Waals surface area contributed by atoms with Crippen molar-refractivity contribution in [2.45, 2.75) is 51.1 Å². The molecule has 1 saturated carbocycles.